The third kappa shape index (κ3) is 3.70. The number of carbonyl (C=O) groups is 1. The van der Waals surface area contributed by atoms with Gasteiger partial charge in [-0.3, -0.25) is 4.79 Å². The average Bonchev–Trinajstić information content (AvgIpc) is 2.56. The van der Waals surface area contributed by atoms with Crippen LogP contribution in [0.5, 0.6) is 0 Å². The van der Waals surface area contributed by atoms with Gasteiger partial charge in [0, 0.05) is 31.8 Å². The van der Waals surface area contributed by atoms with Crippen LogP contribution in [0, 0.1) is 11.8 Å². The van der Waals surface area contributed by atoms with Crippen LogP contribution in [0.4, 0.5) is 8.78 Å². The Morgan fingerprint density at radius 3 is 2.40 bits per heavy atom. The highest BCUT2D eigenvalue weighted by molar-refractivity contribution is 5.77. The largest absolute Gasteiger partial charge is 0.339 e. The monoisotopic (exact) mass is 287 g/mol. The lowest BCUT2D eigenvalue weighted by atomic mass is 9.91. The topological polar surface area (TPSA) is 20.3 Å². The van der Waals surface area contributed by atoms with Gasteiger partial charge in [0.1, 0.15) is 0 Å². The van der Waals surface area contributed by atoms with E-state index in [9.17, 15) is 13.6 Å². The number of likely N-dealkylation sites (tertiary alicyclic amines) is 1. The molecule has 3 unspecified atom stereocenters. The number of alkyl halides is 2. The van der Waals surface area contributed by atoms with E-state index >= 15 is 0 Å². The van der Waals surface area contributed by atoms with Gasteiger partial charge in [0.2, 0.25) is 11.8 Å². The quantitative estimate of drug-likeness (QED) is 0.711. The minimum absolute atomic E-state index is 0.000381. The molecule has 0 N–H and O–H groups in total. The number of nitrogens with zero attached hydrogens (tertiary/aromatic N) is 1. The van der Waals surface area contributed by atoms with Crippen molar-refractivity contribution in [3.63, 3.8) is 0 Å². The molecule has 1 amide bonds. The van der Waals surface area contributed by atoms with E-state index in [0.717, 1.165) is 32.1 Å². The van der Waals surface area contributed by atoms with Gasteiger partial charge in [-0.1, -0.05) is 26.7 Å². The number of amides is 1. The maximum atomic E-state index is 14.0. The number of hydrogen-bond donors (Lipinski definition) is 0. The van der Waals surface area contributed by atoms with Crippen molar-refractivity contribution in [1.29, 1.82) is 0 Å². The van der Waals surface area contributed by atoms with Crippen LogP contribution >= 0.6 is 0 Å². The van der Waals surface area contributed by atoms with E-state index in [2.05, 4.69) is 6.92 Å². The first-order valence-electron chi connectivity index (χ1n) is 8.12. The second kappa shape index (κ2) is 6.40. The van der Waals surface area contributed by atoms with E-state index in [1.54, 1.807) is 4.90 Å². The molecule has 116 valence electrons. The summed E-state index contributed by atoms with van der Waals surface area (Å²) in [7, 11) is 0. The summed E-state index contributed by atoms with van der Waals surface area (Å²) in [5, 5.41) is 0. The van der Waals surface area contributed by atoms with Gasteiger partial charge >= 0.3 is 0 Å². The predicted molar refractivity (Wildman–Crippen MR) is 75.7 cm³/mol. The van der Waals surface area contributed by atoms with Crippen LogP contribution < -0.4 is 0 Å². The number of rotatable bonds is 3. The lowest BCUT2D eigenvalue weighted by Gasteiger charge is -2.38. The molecule has 0 spiro atoms. The normalized spacial score (nSPS) is 34.9. The zero-order valence-electron chi connectivity index (χ0n) is 12.7. The van der Waals surface area contributed by atoms with Crippen molar-refractivity contribution in [2.75, 3.05) is 6.54 Å². The van der Waals surface area contributed by atoms with Gasteiger partial charge in [0.15, 0.2) is 0 Å². The summed E-state index contributed by atoms with van der Waals surface area (Å²) in [4.78, 5) is 14.0. The molecule has 20 heavy (non-hydrogen) atoms. The van der Waals surface area contributed by atoms with E-state index in [-0.39, 0.29) is 30.7 Å². The molecule has 0 bridgehead atoms. The van der Waals surface area contributed by atoms with Crippen LogP contribution in [-0.4, -0.2) is 29.3 Å². The van der Waals surface area contributed by atoms with Gasteiger partial charge in [-0.05, 0) is 31.1 Å². The fraction of sp³-hybridized carbons (Fsp3) is 0.938. The molecule has 0 radical (unpaired) electrons. The van der Waals surface area contributed by atoms with Crippen LogP contribution in [0.2, 0.25) is 0 Å². The van der Waals surface area contributed by atoms with E-state index in [1.807, 2.05) is 6.92 Å². The Hall–Kier alpha value is -0.670. The van der Waals surface area contributed by atoms with Crippen molar-refractivity contribution < 1.29 is 13.6 Å². The van der Waals surface area contributed by atoms with E-state index < -0.39 is 5.92 Å². The van der Waals surface area contributed by atoms with Crippen molar-refractivity contribution >= 4 is 5.91 Å². The summed E-state index contributed by atoms with van der Waals surface area (Å²) >= 11 is 0. The van der Waals surface area contributed by atoms with Crippen molar-refractivity contribution in [3.8, 4) is 0 Å². The molecule has 0 aromatic rings. The van der Waals surface area contributed by atoms with Gasteiger partial charge in [-0.25, -0.2) is 8.78 Å². The third-order valence-corrected chi connectivity index (χ3v) is 5.19. The lowest BCUT2D eigenvalue weighted by Crippen LogP contribution is -2.46. The van der Waals surface area contributed by atoms with Crippen LogP contribution in [0.3, 0.4) is 0 Å². The van der Waals surface area contributed by atoms with Crippen LogP contribution in [0.1, 0.15) is 65.2 Å². The molecule has 0 aromatic carbocycles. The zero-order chi connectivity index (χ0) is 14.8. The number of hydrogen-bond acceptors (Lipinski definition) is 1. The Morgan fingerprint density at radius 1 is 1.10 bits per heavy atom. The fourth-order valence-electron chi connectivity index (χ4n) is 3.74. The summed E-state index contributed by atoms with van der Waals surface area (Å²) in [5.41, 5.74) is 0. The Kier molecular flexibility index (Phi) is 5.03. The second-order valence-corrected chi connectivity index (χ2v) is 6.62. The van der Waals surface area contributed by atoms with Gasteiger partial charge in [-0.2, -0.15) is 0 Å². The molecule has 2 nitrogen and oxygen atoms in total. The molecule has 1 saturated carbocycles. The Balaban J connectivity index is 2.03. The Morgan fingerprint density at radius 2 is 1.80 bits per heavy atom. The van der Waals surface area contributed by atoms with Crippen molar-refractivity contribution in [2.45, 2.75) is 77.2 Å². The van der Waals surface area contributed by atoms with Crippen molar-refractivity contribution in [1.82, 2.24) is 4.90 Å². The highest BCUT2D eigenvalue weighted by Gasteiger charge is 2.41. The molecule has 1 saturated heterocycles. The SMILES string of the molecule is CCC1CCN(C2CCC(CC)CC(F)(F)C2)C(=O)C1. The van der Waals surface area contributed by atoms with Crippen molar-refractivity contribution in [3.05, 3.63) is 0 Å². The molecule has 1 aliphatic carbocycles. The van der Waals surface area contributed by atoms with Gasteiger partial charge < -0.3 is 4.90 Å². The highest BCUT2D eigenvalue weighted by atomic mass is 19.3. The minimum Gasteiger partial charge on any atom is -0.339 e. The van der Waals surface area contributed by atoms with E-state index in [4.69, 9.17) is 0 Å². The van der Waals surface area contributed by atoms with Crippen molar-refractivity contribution in [2.24, 2.45) is 11.8 Å². The van der Waals surface area contributed by atoms with Gasteiger partial charge in [0.25, 0.3) is 0 Å². The first-order valence-corrected chi connectivity index (χ1v) is 8.12. The molecule has 1 heterocycles. The smallest absolute Gasteiger partial charge is 0.250 e. The summed E-state index contributed by atoms with van der Waals surface area (Å²) in [6.45, 7) is 4.76. The van der Waals surface area contributed by atoms with Crippen LogP contribution in [0.25, 0.3) is 0 Å². The number of carbonyl (C=O) groups excluding carboxylic acids is 1. The molecule has 3 atom stereocenters. The van der Waals surface area contributed by atoms with Gasteiger partial charge in [-0.15, -0.1) is 0 Å². The fourth-order valence-corrected chi connectivity index (χ4v) is 3.74. The van der Waals surface area contributed by atoms with Crippen LogP contribution in [-0.2, 0) is 4.79 Å². The molecule has 4 heteroatoms. The molecule has 0 aromatic heterocycles. The summed E-state index contributed by atoms with van der Waals surface area (Å²) in [5.74, 6) is -1.95. The molecule has 1 aliphatic heterocycles. The summed E-state index contributed by atoms with van der Waals surface area (Å²) in [6, 6.07) is -0.244. The summed E-state index contributed by atoms with van der Waals surface area (Å²) in [6.07, 6.45) is 4.80. The maximum Gasteiger partial charge on any atom is 0.250 e. The van der Waals surface area contributed by atoms with Gasteiger partial charge in [0.05, 0.1) is 0 Å². The third-order valence-electron chi connectivity index (χ3n) is 5.19. The predicted octanol–water partition coefficient (Wildman–Crippen LogP) is 4.24. The van der Waals surface area contributed by atoms with E-state index in [0.29, 0.717) is 18.9 Å². The standard InChI is InChI=1S/C16H27F2NO/c1-3-12-7-8-19(15(20)9-12)14-6-5-13(4-2)10-16(17,18)11-14/h12-14H,3-11H2,1-2H3. The first-order chi connectivity index (χ1) is 9.45. The van der Waals surface area contributed by atoms with Crippen LogP contribution in [0.15, 0.2) is 0 Å². The molecular weight excluding hydrogens is 260 g/mol. The lowest BCUT2D eigenvalue weighted by molar-refractivity contribution is -0.139. The molecule has 2 aliphatic rings. The molecule has 2 fully saturated rings. The number of halogens is 2. The number of piperidine rings is 1. The minimum atomic E-state index is -2.61. The maximum absolute atomic E-state index is 14.0. The zero-order valence-corrected chi connectivity index (χ0v) is 12.7. The Bertz CT molecular complexity index is 345. The Labute approximate surface area is 120 Å². The van der Waals surface area contributed by atoms with E-state index in [1.165, 1.54) is 0 Å². The first kappa shape index (κ1) is 15.7. The average molecular weight is 287 g/mol. The second-order valence-electron chi connectivity index (χ2n) is 6.62. The summed E-state index contributed by atoms with van der Waals surface area (Å²) < 4.78 is 28.1. The molecule has 2 rings (SSSR count). The highest BCUT2D eigenvalue weighted by Crippen LogP contribution is 2.39. The molecular formula is C16H27F2NO.